The summed E-state index contributed by atoms with van der Waals surface area (Å²) in [6.07, 6.45) is 1.06. The Bertz CT molecular complexity index is 1090. The van der Waals surface area contributed by atoms with Gasteiger partial charge in [0.15, 0.2) is 0 Å². The number of hydrogen-bond acceptors (Lipinski definition) is 3. The molecule has 2 amide bonds. The Balaban J connectivity index is 1.39. The maximum atomic E-state index is 12.8. The topological polar surface area (TPSA) is 58.6 Å². The number of para-hydroxylation sites is 2. The van der Waals surface area contributed by atoms with E-state index in [1.165, 1.54) is 0 Å². The van der Waals surface area contributed by atoms with Crippen molar-refractivity contribution >= 4 is 23.2 Å². The molecule has 3 aromatic carbocycles. The first-order valence-corrected chi connectivity index (χ1v) is 10.6. The molecular weight excluding hydrogens is 388 g/mol. The zero-order valence-corrected chi connectivity index (χ0v) is 17.8. The van der Waals surface area contributed by atoms with Crippen LogP contribution in [0.15, 0.2) is 72.8 Å². The first-order valence-electron chi connectivity index (χ1n) is 10.6. The van der Waals surface area contributed by atoms with E-state index >= 15 is 0 Å². The van der Waals surface area contributed by atoms with Crippen molar-refractivity contribution < 1.29 is 14.3 Å². The van der Waals surface area contributed by atoms with Crippen molar-refractivity contribution in [2.24, 2.45) is 5.92 Å². The monoisotopic (exact) mass is 414 g/mol. The van der Waals surface area contributed by atoms with Gasteiger partial charge in [-0.05, 0) is 60.9 Å². The van der Waals surface area contributed by atoms with Crippen LogP contribution in [0.5, 0.6) is 11.5 Å². The molecule has 1 N–H and O–H groups in total. The maximum absolute atomic E-state index is 12.8. The Labute approximate surface area is 182 Å². The molecule has 1 fully saturated rings. The van der Waals surface area contributed by atoms with E-state index in [9.17, 15) is 9.59 Å². The summed E-state index contributed by atoms with van der Waals surface area (Å²) in [4.78, 5) is 27.1. The van der Waals surface area contributed by atoms with Crippen LogP contribution in [0.25, 0.3) is 0 Å². The molecule has 0 saturated carbocycles. The summed E-state index contributed by atoms with van der Waals surface area (Å²) in [6.45, 7) is 4.46. The summed E-state index contributed by atoms with van der Waals surface area (Å²) in [6, 6.07) is 23.0. The van der Waals surface area contributed by atoms with Crippen molar-refractivity contribution in [1.82, 2.24) is 0 Å². The zero-order valence-electron chi connectivity index (χ0n) is 17.8. The molecule has 1 heterocycles. The van der Waals surface area contributed by atoms with Crippen LogP contribution in [-0.2, 0) is 16.0 Å². The molecule has 0 radical (unpaired) electrons. The van der Waals surface area contributed by atoms with Crippen molar-refractivity contribution in [3.05, 3.63) is 83.9 Å². The second-order valence-corrected chi connectivity index (χ2v) is 7.77. The van der Waals surface area contributed by atoms with Gasteiger partial charge in [0.25, 0.3) is 0 Å². The molecule has 0 aliphatic carbocycles. The Morgan fingerprint density at radius 2 is 1.74 bits per heavy atom. The van der Waals surface area contributed by atoms with Gasteiger partial charge in [-0.1, -0.05) is 43.3 Å². The molecule has 0 aromatic heterocycles. The lowest BCUT2D eigenvalue weighted by Gasteiger charge is -2.20. The smallest absolute Gasteiger partial charge is 0.229 e. The van der Waals surface area contributed by atoms with Crippen LogP contribution in [0.1, 0.15) is 24.5 Å². The summed E-state index contributed by atoms with van der Waals surface area (Å²) < 4.78 is 5.90. The van der Waals surface area contributed by atoms with Gasteiger partial charge in [-0.2, -0.15) is 0 Å². The number of nitrogens with one attached hydrogen (secondary N) is 1. The molecule has 1 atom stereocenters. The third-order valence-electron chi connectivity index (χ3n) is 5.60. The van der Waals surface area contributed by atoms with Gasteiger partial charge in [-0.15, -0.1) is 0 Å². The summed E-state index contributed by atoms with van der Waals surface area (Å²) in [5.74, 6) is 0.975. The lowest BCUT2D eigenvalue weighted by Crippen LogP contribution is -2.28. The number of rotatable bonds is 6. The van der Waals surface area contributed by atoms with E-state index < -0.39 is 0 Å². The Kier molecular flexibility index (Phi) is 6.03. The maximum Gasteiger partial charge on any atom is 0.229 e. The third kappa shape index (κ3) is 4.61. The number of benzene rings is 3. The van der Waals surface area contributed by atoms with Crippen LogP contribution in [0.2, 0.25) is 0 Å². The largest absolute Gasteiger partial charge is 0.457 e. The molecule has 5 heteroatoms. The van der Waals surface area contributed by atoms with Crippen LogP contribution in [0.3, 0.4) is 0 Å². The van der Waals surface area contributed by atoms with Crippen LogP contribution >= 0.6 is 0 Å². The second-order valence-electron chi connectivity index (χ2n) is 7.77. The Morgan fingerprint density at radius 3 is 2.48 bits per heavy atom. The minimum absolute atomic E-state index is 0.0111. The van der Waals surface area contributed by atoms with Crippen molar-refractivity contribution in [2.45, 2.75) is 26.7 Å². The molecular formula is C26H26N2O3. The van der Waals surface area contributed by atoms with E-state index in [-0.39, 0.29) is 24.2 Å². The number of aryl methyl sites for hydroxylation is 2. The van der Waals surface area contributed by atoms with E-state index in [4.69, 9.17) is 4.74 Å². The fourth-order valence-corrected chi connectivity index (χ4v) is 3.84. The number of anilines is 2. The normalized spacial score (nSPS) is 15.7. The van der Waals surface area contributed by atoms with Gasteiger partial charge >= 0.3 is 0 Å². The lowest BCUT2D eigenvalue weighted by atomic mass is 10.1. The number of nitrogens with zero attached hydrogens (tertiary/aromatic N) is 1. The van der Waals surface area contributed by atoms with E-state index in [2.05, 4.69) is 12.2 Å². The number of ether oxygens (including phenoxy) is 1. The molecule has 3 aromatic rings. The zero-order chi connectivity index (χ0) is 21.8. The molecule has 0 spiro atoms. The molecule has 4 rings (SSSR count). The van der Waals surface area contributed by atoms with E-state index in [1.54, 1.807) is 4.90 Å². The van der Waals surface area contributed by atoms with Gasteiger partial charge in [-0.25, -0.2) is 0 Å². The highest BCUT2D eigenvalue weighted by molar-refractivity contribution is 6.03. The summed E-state index contributed by atoms with van der Waals surface area (Å²) in [5.41, 5.74) is 3.76. The first kappa shape index (κ1) is 20.7. The highest BCUT2D eigenvalue weighted by atomic mass is 16.5. The van der Waals surface area contributed by atoms with Gasteiger partial charge < -0.3 is 15.0 Å². The van der Waals surface area contributed by atoms with Gasteiger partial charge in [0.05, 0.1) is 5.92 Å². The summed E-state index contributed by atoms with van der Waals surface area (Å²) >= 11 is 0. The van der Waals surface area contributed by atoms with Crippen LogP contribution in [0.4, 0.5) is 11.4 Å². The molecule has 0 unspecified atom stereocenters. The average Bonchev–Trinajstić information content (AvgIpc) is 3.18. The SMILES string of the molecule is CCc1ccccc1N1C[C@@H](C(=O)Nc2ccc(Oc3ccccc3C)cc2)CC1=O. The molecule has 158 valence electrons. The summed E-state index contributed by atoms with van der Waals surface area (Å²) in [5, 5.41) is 2.93. The standard InChI is InChI=1S/C26H26N2O3/c1-3-19-9-5-6-10-23(19)28-17-20(16-25(28)29)26(30)27-21-12-14-22(15-13-21)31-24-11-7-4-8-18(24)2/h4-15,20H,3,16-17H2,1-2H3,(H,27,30)/t20-/m0/s1. The van der Waals surface area contributed by atoms with E-state index in [0.717, 1.165) is 29.0 Å². The van der Waals surface area contributed by atoms with Gasteiger partial charge in [0.2, 0.25) is 11.8 Å². The summed E-state index contributed by atoms with van der Waals surface area (Å²) in [7, 11) is 0. The third-order valence-corrected chi connectivity index (χ3v) is 5.60. The minimum atomic E-state index is -0.375. The van der Waals surface area contributed by atoms with Crippen molar-refractivity contribution in [3.63, 3.8) is 0 Å². The first-order chi connectivity index (χ1) is 15.0. The van der Waals surface area contributed by atoms with Gasteiger partial charge in [0, 0.05) is 24.3 Å². The number of carbonyl (C=O) groups excluding carboxylic acids is 2. The highest BCUT2D eigenvalue weighted by Gasteiger charge is 2.35. The minimum Gasteiger partial charge on any atom is -0.457 e. The Hall–Kier alpha value is -3.60. The lowest BCUT2D eigenvalue weighted by molar-refractivity contribution is -0.122. The quantitative estimate of drug-likeness (QED) is 0.592. The molecule has 1 aliphatic rings. The molecule has 1 saturated heterocycles. The molecule has 0 bridgehead atoms. The predicted molar refractivity (Wildman–Crippen MR) is 123 cm³/mol. The van der Waals surface area contributed by atoms with Gasteiger partial charge in [-0.3, -0.25) is 9.59 Å². The predicted octanol–water partition coefficient (Wildman–Crippen LogP) is 5.34. The van der Waals surface area contributed by atoms with E-state index in [1.807, 2.05) is 79.7 Å². The van der Waals surface area contributed by atoms with Crippen LogP contribution in [-0.4, -0.2) is 18.4 Å². The number of hydrogen-bond donors (Lipinski definition) is 1. The van der Waals surface area contributed by atoms with Crippen molar-refractivity contribution in [3.8, 4) is 11.5 Å². The van der Waals surface area contributed by atoms with Crippen molar-refractivity contribution in [1.29, 1.82) is 0 Å². The number of carbonyl (C=O) groups is 2. The van der Waals surface area contributed by atoms with Crippen LogP contribution < -0.4 is 15.0 Å². The average molecular weight is 415 g/mol. The Morgan fingerprint density at radius 1 is 1.03 bits per heavy atom. The van der Waals surface area contributed by atoms with Gasteiger partial charge in [0.1, 0.15) is 11.5 Å². The fraction of sp³-hybridized carbons (Fsp3) is 0.231. The van der Waals surface area contributed by atoms with Crippen molar-refractivity contribution in [2.75, 3.05) is 16.8 Å². The number of amides is 2. The molecule has 1 aliphatic heterocycles. The highest BCUT2D eigenvalue weighted by Crippen LogP contribution is 2.30. The molecule has 31 heavy (non-hydrogen) atoms. The van der Waals surface area contributed by atoms with Crippen LogP contribution in [0, 0.1) is 12.8 Å². The van der Waals surface area contributed by atoms with E-state index in [0.29, 0.717) is 18.0 Å². The fourth-order valence-electron chi connectivity index (χ4n) is 3.84. The second kappa shape index (κ2) is 9.04. The molecule has 5 nitrogen and oxygen atoms in total.